The van der Waals surface area contributed by atoms with Crippen molar-refractivity contribution in [1.29, 1.82) is 0 Å². The second-order valence-electron chi connectivity index (χ2n) is 9.21. The van der Waals surface area contributed by atoms with Crippen LogP contribution in [0.2, 0.25) is 0 Å². The van der Waals surface area contributed by atoms with E-state index in [1.807, 2.05) is 23.1 Å². The van der Waals surface area contributed by atoms with Crippen LogP contribution in [0.4, 0.5) is 0 Å². The van der Waals surface area contributed by atoms with Gasteiger partial charge in [-0.25, -0.2) is 4.79 Å². The van der Waals surface area contributed by atoms with E-state index in [0.717, 1.165) is 24.2 Å². The highest BCUT2D eigenvalue weighted by Gasteiger charge is 2.53. The number of carbonyl (C=O) groups is 2. The van der Waals surface area contributed by atoms with Crippen molar-refractivity contribution >= 4 is 11.9 Å². The molecule has 3 heterocycles. The molecule has 7 nitrogen and oxygen atoms in total. The number of fused-ring (bicyclic) bond motifs is 4. The number of likely N-dealkylation sites (tertiary alicyclic amines) is 1. The Morgan fingerprint density at radius 3 is 2.72 bits per heavy atom. The molecule has 3 aliphatic rings. The molecule has 0 aliphatic carbocycles. The van der Waals surface area contributed by atoms with Gasteiger partial charge in [0.1, 0.15) is 17.1 Å². The van der Waals surface area contributed by atoms with Gasteiger partial charge in [-0.3, -0.25) is 4.79 Å². The standard InChI is InChI=1S/C25H27NO6/c1-25(2)17-13-18-21(31-23(17)15-7-3-6-10-20(15)32-25)11-12-26(18)24(29)16-8-4-5-9-19(16)30-14-22(27)28/h3-10,17-18,21,23H,11-14H2,1-2H3,(H,27,28)/t17-,18+,21-,23+/m0/s1. The Kier molecular flexibility index (Phi) is 5.08. The fraction of sp³-hybridized carbons (Fsp3) is 0.440. The third kappa shape index (κ3) is 3.50. The molecule has 32 heavy (non-hydrogen) atoms. The molecule has 3 aliphatic heterocycles. The lowest BCUT2D eigenvalue weighted by molar-refractivity contribution is -0.159. The van der Waals surface area contributed by atoms with E-state index >= 15 is 0 Å². The van der Waals surface area contributed by atoms with Gasteiger partial charge >= 0.3 is 5.97 Å². The average molecular weight is 437 g/mol. The first-order valence-corrected chi connectivity index (χ1v) is 11.0. The predicted octanol–water partition coefficient (Wildman–Crippen LogP) is 3.68. The second-order valence-corrected chi connectivity index (χ2v) is 9.21. The maximum absolute atomic E-state index is 13.5. The number of carboxylic acid groups (broad SMARTS) is 1. The van der Waals surface area contributed by atoms with E-state index in [4.69, 9.17) is 19.3 Å². The molecule has 7 heteroatoms. The van der Waals surface area contributed by atoms with Crippen LogP contribution in [0.5, 0.6) is 11.5 Å². The van der Waals surface area contributed by atoms with Crippen molar-refractivity contribution in [1.82, 2.24) is 4.90 Å². The van der Waals surface area contributed by atoms with E-state index in [-0.39, 0.29) is 35.8 Å². The van der Waals surface area contributed by atoms with E-state index < -0.39 is 18.2 Å². The molecule has 1 amide bonds. The van der Waals surface area contributed by atoms with Crippen LogP contribution >= 0.6 is 0 Å². The molecule has 1 N–H and O–H groups in total. The highest BCUT2D eigenvalue weighted by molar-refractivity contribution is 5.97. The summed E-state index contributed by atoms with van der Waals surface area (Å²) in [5.41, 5.74) is 1.03. The summed E-state index contributed by atoms with van der Waals surface area (Å²) in [6, 6.07) is 14.8. The second kappa shape index (κ2) is 7.81. The van der Waals surface area contributed by atoms with Crippen molar-refractivity contribution in [3.63, 3.8) is 0 Å². The van der Waals surface area contributed by atoms with Crippen molar-refractivity contribution in [2.24, 2.45) is 5.92 Å². The summed E-state index contributed by atoms with van der Waals surface area (Å²) in [6.07, 6.45) is 1.44. The largest absolute Gasteiger partial charge is 0.487 e. The summed E-state index contributed by atoms with van der Waals surface area (Å²) >= 11 is 0. The molecular formula is C25H27NO6. The minimum Gasteiger partial charge on any atom is -0.487 e. The molecule has 0 radical (unpaired) electrons. The van der Waals surface area contributed by atoms with Gasteiger partial charge in [-0.2, -0.15) is 0 Å². The highest BCUT2D eigenvalue weighted by atomic mass is 16.5. The fourth-order valence-corrected chi connectivity index (χ4v) is 5.35. The van der Waals surface area contributed by atoms with Crippen LogP contribution < -0.4 is 9.47 Å². The van der Waals surface area contributed by atoms with Gasteiger partial charge < -0.3 is 24.2 Å². The highest BCUT2D eigenvalue weighted by Crippen LogP contribution is 2.52. The number of hydrogen-bond acceptors (Lipinski definition) is 5. The third-order valence-electron chi connectivity index (χ3n) is 6.89. The Bertz CT molecular complexity index is 1050. The molecule has 2 aromatic rings. The van der Waals surface area contributed by atoms with Crippen molar-refractivity contribution in [2.75, 3.05) is 13.2 Å². The molecule has 2 aromatic carbocycles. The van der Waals surface area contributed by atoms with Crippen molar-refractivity contribution in [3.8, 4) is 11.5 Å². The summed E-state index contributed by atoms with van der Waals surface area (Å²) in [5, 5.41) is 8.95. The lowest BCUT2D eigenvalue weighted by Crippen LogP contribution is -2.54. The molecule has 4 atom stereocenters. The van der Waals surface area contributed by atoms with Gasteiger partial charge in [0.15, 0.2) is 6.61 Å². The van der Waals surface area contributed by atoms with Gasteiger partial charge in [-0.15, -0.1) is 0 Å². The number of carboxylic acids is 1. The Morgan fingerprint density at radius 2 is 1.91 bits per heavy atom. The maximum atomic E-state index is 13.5. The molecular weight excluding hydrogens is 410 g/mol. The number of rotatable bonds is 4. The van der Waals surface area contributed by atoms with Crippen LogP contribution in [0.15, 0.2) is 48.5 Å². The first-order chi connectivity index (χ1) is 15.3. The van der Waals surface area contributed by atoms with E-state index in [9.17, 15) is 9.59 Å². The van der Waals surface area contributed by atoms with E-state index in [0.29, 0.717) is 12.1 Å². The van der Waals surface area contributed by atoms with E-state index in [1.54, 1.807) is 24.3 Å². The Labute approximate surface area is 186 Å². The molecule has 2 fully saturated rings. The third-order valence-corrected chi connectivity index (χ3v) is 6.89. The zero-order valence-corrected chi connectivity index (χ0v) is 18.2. The van der Waals surface area contributed by atoms with Crippen LogP contribution in [-0.2, 0) is 9.53 Å². The number of benzene rings is 2. The molecule has 2 saturated heterocycles. The first kappa shape index (κ1) is 20.8. The smallest absolute Gasteiger partial charge is 0.341 e. The molecule has 0 saturated carbocycles. The molecule has 168 valence electrons. The van der Waals surface area contributed by atoms with Crippen molar-refractivity contribution < 1.29 is 28.9 Å². The number of hydrogen-bond donors (Lipinski definition) is 1. The zero-order chi connectivity index (χ0) is 22.5. The SMILES string of the molecule is CC1(C)Oc2ccccc2[C@H]2O[C@H]3CCN(C(=O)c4ccccc4OCC(=O)O)[C@@H]3C[C@@H]21. The van der Waals surface area contributed by atoms with Gasteiger partial charge in [0.05, 0.1) is 23.8 Å². The van der Waals surface area contributed by atoms with Gasteiger partial charge in [-0.05, 0) is 44.9 Å². The lowest BCUT2D eigenvalue weighted by atomic mass is 9.74. The Morgan fingerprint density at radius 1 is 1.16 bits per heavy atom. The Balaban J connectivity index is 1.41. The number of nitrogens with zero attached hydrogens (tertiary/aromatic N) is 1. The molecule has 0 aromatic heterocycles. The van der Waals surface area contributed by atoms with Gasteiger partial charge in [0.2, 0.25) is 0 Å². The molecule has 5 rings (SSSR count). The fourth-order valence-electron chi connectivity index (χ4n) is 5.35. The van der Waals surface area contributed by atoms with Gasteiger partial charge in [-0.1, -0.05) is 30.3 Å². The minimum absolute atomic E-state index is 0.0470. The number of para-hydroxylation sites is 2. The first-order valence-electron chi connectivity index (χ1n) is 11.0. The number of aliphatic carboxylic acids is 1. The predicted molar refractivity (Wildman–Crippen MR) is 116 cm³/mol. The van der Waals surface area contributed by atoms with Crippen LogP contribution in [0.1, 0.15) is 48.7 Å². The van der Waals surface area contributed by atoms with Crippen LogP contribution in [-0.4, -0.2) is 52.8 Å². The lowest BCUT2D eigenvalue weighted by Gasteiger charge is -2.50. The quantitative estimate of drug-likeness (QED) is 0.785. The summed E-state index contributed by atoms with van der Waals surface area (Å²) in [7, 11) is 0. The van der Waals surface area contributed by atoms with E-state index in [2.05, 4.69) is 19.9 Å². The topological polar surface area (TPSA) is 85.3 Å². The normalized spacial score (nSPS) is 27.5. The molecule has 0 bridgehead atoms. The number of amides is 1. The summed E-state index contributed by atoms with van der Waals surface area (Å²) < 4.78 is 18.3. The van der Waals surface area contributed by atoms with E-state index in [1.165, 1.54) is 0 Å². The van der Waals surface area contributed by atoms with Crippen molar-refractivity contribution in [3.05, 3.63) is 59.7 Å². The van der Waals surface area contributed by atoms with Gasteiger partial charge in [0.25, 0.3) is 5.91 Å². The van der Waals surface area contributed by atoms with Gasteiger partial charge in [0, 0.05) is 18.0 Å². The molecule has 0 unspecified atom stereocenters. The Hall–Kier alpha value is -3.06. The number of carbonyl (C=O) groups excluding carboxylic acids is 1. The maximum Gasteiger partial charge on any atom is 0.341 e. The average Bonchev–Trinajstić information content (AvgIpc) is 3.19. The number of ether oxygens (including phenoxy) is 3. The van der Waals surface area contributed by atoms with Crippen LogP contribution in [0.3, 0.4) is 0 Å². The summed E-state index contributed by atoms with van der Waals surface area (Å²) in [4.78, 5) is 26.3. The summed E-state index contributed by atoms with van der Waals surface area (Å²) in [6.45, 7) is 4.26. The van der Waals surface area contributed by atoms with Crippen LogP contribution in [0, 0.1) is 5.92 Å². The minimum atomic E-state index is -1.08. The van der Waals surface area contributed by atoms with Crippen molar-refractivity contribution in [2.45, 2.75) is 50.5 Å². The van der Waals surface area contributed by atoms with Crippen LogP contribution in [0.25, 0.3) is 0 Å². The zero-order valence-electron chi connectivity index (χ0n) is 18.2. The summed E-state index contributed by atoms with van der Waals surface area (Å²) in [5.74, 6) is 0.0156. The monoisotopic (exact) mass is 437 g/mol. The molecule has 0 spiro atoms.